The molecule has 6 N–H and O–H groups in total. The van der Waals surface area contributed by atoms with Crippen LogP contribution in [-0.2, 0) is 14.4 Å². The molecule has 0 aliphatic rings. The number of hydrogen-bond acceptors (Lipinski definition) is 5. The summed E-state index contributed by atoms with van der Waals surface area (Å²) in [5.41, 5.74) is 10.3. The molecule has 0 aliphatic carbocycles. The number of nitrogens with two attached hydrogens (primary N) is 2. The fourth-order valence-electron chi connectivity index (χ4n) is 0.950. The van der Waals surface area contributed by atoms with E-state index in [9.17, 15) is 14.4 Å². The van der Waals surface area contributed by atoms with E-state index in [4.69, 9.17) is 16.6 Å². The Morgan fingerprint density at radius 2 is 1.94 bits per heavy atom. The van der Waals surface area contributed by atoms with Crippen molar-refractivity contribution in [3.05, 3.63) is 0 Å². The molecule has 2 atom stereocenters. The molecular weight excluding hydrogens is 234 g/mol. The van der Waals surface area contributed by atoms with Crippen LogP contribution in [0.1, 0.15) is 12.8 Å². The lowest BCUT2D eigenvalue weighted by Crippen LogP contribution is -2.49. The molecule has 8 heteroatoms. The van der Waals surface area contributed by atoms with Crippen molar-refractivity contribution in [2.45, 2.75) is 24.9 Å². The zero-order valence-electron chi connectivity index (χ0n) is 8.55. The van der Waals surface area contributed by atoms with E-state index in [1.165, 1.54) is 0 Å². The molecule has 0 saturated heterocycles. The lowest BCUT2D eigenvalue weighted by Gasteiger charge is -2.16. The van der Waals surface area contributed by atoms with Crippen LogP contribution in [0.2, 0.25) is 0 Å². The van der Waals surface area contributed by atoms with E-state index in [1.54, 1.807) is 0 Å². The molecule has 0 fully saturated rings. The lowest BCUT2D eigenvalue weighted by molar-refractivity contribution is -0.143. The minimum absolute atomic E-state index is 0.317. The fraction of sp³-hybridized carbons (Fsp3) is 0.625. The summed E-state index contributed by atoms with van der Waals surface area (Å²) in [6.07, 6.45) is -0.146. The van der Waals surface area contributed by atoms with E-state index in [2.05, 4.69) is 17.9 Å². The maximum absolute atomic E-state index is 11.3. The standard InChI is InChI=1S/C8H15N3O4S/c9-4(1-2-16)7(13)11-5(8(14)15)3-6(10)12/h4-5,16H,1-3,9H2,(H2,10,12)(H,11,13)(H,14,15)/t4-,5-/m0/s1. The third kappa shape index (κ3) is 5.56. The Morgan fingerprint density at radius 3 is 2.31 bits per heavy atom. The Morgan fingerprint density at radius 1 is 1.38 bits per heavy atom. The van der Waals surface area contributed by atoms with Crippen molar-refractivity contribution >= 4 is 30.4 Å². The average Bonchev–Trinajstić information content (AvgIpc) is 2.16. The first-order chi connectivity index (χ1) is 7.38. The summed E-state index contributed by atoms with van der Waals surface area (Å²) in [7, 11) is 0. The smallest absolute Gasteiger partial charge is 0.326 e. The summed E-state index contributed by atoms with van der Waals surface area (Å²) < 4.78 is 0. The van der Waals surface area contributed by atoms with Crippen molar-refractivity contribution in [3.8, 4) is 0 Å². The molecule has 0 aromatic heterocycles. The van der Waals surface area contributed by atoms with Crippen LogP contribution in [-0.4, -0.2) is 40.7 Å². The van der Waals surface area contributed by atoms with Gasteiger partial charge < -0.3 is 21.9 Å². The van der Waals surface area contributed by atoms with Crippen LogP contribution in [0.25, 0.3) is 0 Å². The minimum atomic E-state index is -1.34. The molecule has 16 heavy (non-hydrogen) atoms. The number of carboxylic acids is 1. The molecule has 7 nitrogen and oxygen atoms in total. The first-order valence-corrected chi connectivity index (χ1v) is 5.19. The highest BCUT2D eigenvalue weighted by Crippen LogP contribution is 1.96. The van der Waals surface area contributed by atoms with Crippen molar-refractivity contribution in [1.29, 1.82) is 0 Å². The third-order valence-corrected chi connectivity index (χ3v) is 2.05. The quantitative estimate of drug-likeness (QED) is 0.335. The maximum Gasteiger partial charge on any atom is 0.326 e. The normalized spacial score (nSPS) is 13.9. The van der Waals surface area contributed by atoms with Crippen molar-refractivity contribution in [3.63, 3.8) is 0 Å². The highest BCUT2D eigenvalue weighted by Gasteiger charge is 2.24. The number of carboxylic acid groups (broad SMARTS) is 1. The number of carbonyl (C=O) groups is 3. The highest BCUT2D eigenvalue weighted by atomic mass is 32.1. The Hall–Kier alpha value is -1.28. The zero-order valence-corrected chi connectivity index (χ0v) is 9.44. The average molecular weight is 249 g/mol. The van der Waals surface area contributed by atoms with Gasteiger partial charge >= 0.3 is 5.97 Å². The lowest BCUT2D eigenvalue weighted by atomic mass is 10.1. The summed E-state index contributed by atoms with van der Waals surface area (Å²) in [6.45, 7) is 0. The van der Waals surface area contributed by atoms with E-state index in [0.29, 0.717) is 12.2 Å². The predicted molar refractivity (Wildman–Crippen MR) is 59.8 cm³/mol. The molecule has 0 saturated carbocycles. The highest BCUT2D eigenvalue weighted by molar-refractivity contribution is 7.80. The minimum Gasteiger partial charge on any atom is -0.480 e. The molecule has 0 aliphatic heterocycles. The molecule has 0 aromatic rings. The van der Waals surface area contributed by atoms with Crippen LogP contribution in [0, 0.1) is 0 Å². The second kappa shape index (κ2) is 7.07. The SMILES string of the molecule is NC(=O)C[C@H](NC(=O)[C@@H](N)CCS)C(=O)O. The first kappa shape index (κ1) is 14.7. The third-order valence-electron chi connectivity index (χ3n) is 1.80. The van der Waals surface area contributed by atoms with E-state index in [-0.39, 0.29) is 0 Å². The van der Waals surface area contributed by atoms with Gasteiger partial charge in [0.05, 0.1) is 12.5 Å². The summed E-state index contributed by atoms with van der Waals surface area (Å²) >= 11 is 3.89. The van der Waals surface area contributed by atoms with Gasteiger partial charge in [0.15, 0.2) is 0 Å². The Labute approximate surface area is 98.0 Å². The number of amides is 2. The van der Waals surface area contributed by atoms with Crippen molar-refractivity contribution in [2.75, 3.05) is 5.75 Å². The van der Waals surface area contributed by atoms with Gasteiger partial charge in [-0.1, -0.05) is 0 Å². The number of hydrogen-bond donors (Lipinski definition) is 5. The molecule has 0 rings (SSSR count). The topological polar surface area (TPSA) is 136 Å². The Kier molecular flexibility index (Phi) is 6.50. The van der Waals surface area contributed by atoms with Crippen LogP contribution in [0.4, 0.5) is 0 Å². The maximum atomic E-state index is 11.3. The van der Waals surface area contributed by atoms with Crippen LogP contribution in [0.5, 0.6) is 0 Å². The van der Waals surface area contributed by atoms with Gasteiger partial charge in [0.1, 0.15) is 6.04 Å². The van der Waals surface area contributed by atoms with E-state index in [1.807, 2.05) is 0 Å². The summed E-state index contributed by atoms with van der Waals surface area (Å²) in [5, 5.41) is 10.8. The molecule has 0 bridgehead atoms. The van der Waals surface area contributed by atoms with Crippen molar-refractivity contribution in [2.24, 2.45) is 11.5 Å². The van der Waals surface area contributed by atoms with E-state index >= 15 is 0 Å². The largest absolute Gasteiger partial charge is 0.480 e. The number of primary amides is 1. The Balaban J connectivity index is 4.34. The van der Waals surface area contributed by atoms with Crippen molar-refractivity contribution < 1.29 is 19.5 Å². The molecule has 0 spiro atoms. The van der Waals surface area contributed by atoms with Gasteiger partial charge in [-0.25, -0.2) is 4.79 Å². The molecule has 0 heterocycles. The summed E-state index contributed by atoms with van der Waals surface area (Å²) in [6, 6.07) is -2.18. The first-order valence-electron chi connectivity index (χ1n) is 4.56. The van der Waals surface area contributed by atoms with Crippen molar-refractivity contribution in [1.82, 2.24) is 5.32 Å². The van der Waals surface area contributed by atoms with Gasteiger partial charge in [0, 0.05) is 0 Å². The number of rotatable bonds is 7. The molecule has 92 valence electrons. The van der Waals surface area contributed by atoms with Gasteiger partial charge in [0.2, 0.25) is 11.8 Å². The van der Waals surface area contributed by atoms with Crippen LogP contribution in [0.15, 0.2) is 0 Å². The number of thiol groups is 1. The van der Waals surface area contributed by atoms with E-state index in [0.717, 1.165) is 0 Å². The molecule has 0 aromatic carbocycles. The van der Waals surface area contributed by atoms with Gasteiger partial charge in [-0.15, -0.1) is 0 Å². The van der Waals surface area contributed by atoms with Gasteiger partial charge in [0.25, 0.3) is 0 Å². The second-order valence-electron chi connectivity index (χ2n) is 3.19. The molecule has 0 radical (unpaired) electrons. The summed E-state index contributed by atoms with van der Waals surface area (Å²) in [4.78, 5) is 32.6. The second-order valence-corrected chi connectivity index (χ2v) is 3.64. The number of nitrogens with one attached hydrogen (secondary N) is 1. The number of carbonyl (C=O) groups excluding carboxylic acids is 2. The van der Waals surface area contributed by atoms with Crippen LogP contribution in [0.3, 0.4) is 0 Å². The molecular formula is C8H15N3O4S. The number of aliphatic carboxylic acids is 1. The molecule has 0 unspecified atom stereocenters. The Bertz CT molecular complexity index is 284. The zero-order chi connectivity index (χ0) is 12.7. The van der Waals surface area contributed by atoms with Gasteiger partial charge in [-0.3, -0.25) is 9.59 Å². The van der Waals surface area contributed by atoms with Crippen LogP contribution >= 0.6 is 12.6 Å². The predicted octanol–water partition coefficient (Wildman–Crippen LogP) is -1.92. The fourth-order valence-corrected chi connectivity index (χ4v) is 1.23. The van der Waals surface area contributed by atoms with Crippen LogP contribution < -0.4 is 16.8 Å². The molecule has 2 amide bonds. The van der Waals surface area contributed by atoms with E-state index < -0.39 is 36.3 Å². The van der Waals surface area contributed by atoms with Gasteiger partial charge in [-0.05, 0) is 12.2 Å². The monoisotopic (exact) mass is 249 g/mol. The summed E-state index contributed by atoms with van der Waals surface area (Å²) in [5.74, 6) is -2.37. The van der Waals surface area contributed by atoms with Gasteiger partial charge in [-0.2, -0.15) is 12.6 Å².